The Kier molecular flexibility index (Phi) is 6.81. The lowest BCUT2D eigenvalue weighted by Gasteiger charge is -2.29. The Morgan fingerprint density at radius 1 is 0.946 bits per heavy atom. The fourth-order valence-electron chi connectivity index (χ4n) is 4.66. The molecule has 0 bridgehead atoms. The molecule has 0 spiro atoms. The van der Waals surface area contributed by atoms with E-state index < -0.39 is 17.8 Å². The maximum atomic E-state index is 13.3. The van der Waals surface area contributed by atoms with Gasteiger partial charge in [0.15, 0.2) is 0 Å². The van der Waals surface area contributed by atoms with Crippen LogP contribution in [0, 0.1) is 13.8 Å². The number of hydrogen-bond acceptors (Lipinski definition) is 5. The zero-order chi connectivity index (χ0) is 26.3. The zero-order valence-corrected chi connectivity index (χ0v) is 21.8. The molecule has 5 rings (SSSR count). The molecule has 37 heavy (non-hydrogen) atoms. The third-order valence-electron chi connectivity index (χ3n) is 6.53. The standard InChI is InChI=1S/C27H24Cl2N4O4/c1-16-14-18(17(2)32(16)20-8-6-19(7-9-20)31-10-12-37-13-11-31)15-21-25(34)30-27(36)33(26(21)35)23-5-3-4-22(28)24(23)29/h3-9,14-15H,10-13H2,1-2H3,(H,30,34,36)/b21-15+. The molecule has 2 aromatic carbocycles. The third-order valence-corrected chi connectivity index (χ3v) is 7.34. The van der Waals surface area contributed by atoms with Gasteiger partial charge in [0.05, 0.1) is 28.9 Å². The highest BCUT2D eigenvalue weighted by molar-refractivity contribution is 6.46. The van der Waals surface area contributed by atoms with Crippen LogP contribution in [0.2, 0.25) is 10.0 Å². The molecule has 0 radical (unpaired) electrons. The van der Waals surface area contributed by atoms with Gasteiger partial charge in [-0.2, -0.15) is 0 Å². The fourth-order valence-corrected chi connectivity index (χ4v) is 5.04. The minimum atomic E-state index is -0.887. The van der Waals surface area contributed by atoms with Gasteiger partial charge in [0.25, 0.3) is 11.8 Å². The Labute approximate surface area is 224 Å². The molecule has 190 valence electrons. The largest absolute Gasteiger partial charge is 0.378 e. The number of rotatable bonds is 4. The third kappa shape index (κ3) is 4.64. The summed E-state index contributed by atoms with van der Waals surface area (Å²) in [6.07, 6.45) is 1.50. The summed E-state index contributed by atoms with van der Waals surface area (Å²) in [7, 11) is 0. The summed E-state index contributed by atoms with van der Waals surface area (Å²) in [5, 5.41) is 2.45. The highest BCUT2D eigenvalue weighted by Gasteiger charge is 2.38. The number of carbonyl (C=O) groups excluding carboxylic acids is 3. The molecule has 2 saturated heterocycles. The van der Waals surface area contributed by atoms with Gasteiger partial charge in [-0.15, -0.1) is 0 Å². The zero-order valence-electron chi connectivity index (χ0n) is 20.3. The summed E-state index contributed by atoms with van der Waals surface area (Å²) in [6.45, 7) is 7.01. The van der Waals surface area contributed by atoms with E-state index in [0.29, 0.717) is 18.8 Å². The molecule has 10 heteroatoms. The molecule has 0 aliphatic carbocycles. The van der Waals surface area contributed by atoms with E-state index in [1.54, 1.807) is 12.1 Å². The molecule has 0 unspecified atom stereocenters. The fraction of sp³-hybridized carbons (Fsp3) is 0.222. The van der Waals surface area contributed by atoms with E-state index in [1.807, 2.05) is 32.0 Å². The monoisotopic (exact) mass is 538 g/mol. The topological polar surface area (TPSA) is 83.9 Å². The van der Waals surface area contributed by atoms with Crippen molar-refractivity contribution in [1.29, 1.82) is 0 Å². The second kappa shape index (κ2) is 10.0. The molecule has 1 N–H and O–H groups in total. The molecule has 2 aliphatic heterocycles. The molecular weight excluding hydrogens is 515 g/mol. The Morgan fingerprint density at radius 3 is 2.32 bits per heavy atom. The Morgan fingerprint density at radius 2 is 1.62 bits per heavy atom. The number of anilines is 2. The predicted octanol–water partition coefficient (Wildman–Crippen LogP) is 4.90. The number of nitrogens with one attached hydrogen (secondary N) is 1. The van der Waals surface area contributed by atoms with Gasteiger partial charge in [0.2, 0.25) is 0 Å². The molecule has 2 aliphatic rings. The molecule has 8 nitrogen and oxygen atoms in total. The van der Waals surface area contributed by atoms with Gasteiger partial charge >= 0.3 is 6.03 Å². The van der Waals surface area contributed by atoms with Crippen LogP contribution in [0.4, 0.5) is 16.2 Å². The number of imide groups is 2. The second-order valence-corrected chi connectivity index (χ2v) is 9.59. The minimum absolute atomic E-state index is 0.0417. The number of barbiturate groups is 1. The Hall–Kier alpha value is -3.59. The summed E-state index contributed by atoms with van der Waals surface area (Å²) in [6, 6.07) is 13.9. The highest BCUT2D eigenvalue weighted by Crippen LogP contribution is 2.34. The number of morpholine rings is 1. The van der Waals surface area contributed by atoms with Crippen LogP contribution < -0.4 is 15.1 Å². The summed E-state index contributed by atoms with van der Waals surface area (Å²) in [5.74, 6) is -1.55. The van der Waals surface area contributed by atoms with Crippen molar-refractivity contribution in [2.75, 3.05) is 36.1 Å². The molecule has 3 aromatic rings. The molecule has 0 saturated carbocycles. The van der Waals surface area contributed by atoms with Gasteiger partial charge in [-0.05, 0) is 68.0 Å². The first kappa shape index (κ1) is 25.1. The van der Waals surface area contributed by atoms with Crippen LogP contribution in [0.15, 0.2) is 54.1 Å². The maximum Gasteiger partial charge on any atom is 0.336 e. The van der Waals surface area contributed by atoms with E-state index in [-0.39, 0.29) is 21.3 Å². The number of halogens is 2. The van der Waals surface area contributed by atoms with Crippen LogP contribution in [0.25, 0.3) is 11.8 Å². The average molecular weight is 539 g/mol. The van der Waals surface area contributed by atoms with Crippen LogP contribution >= 0.6 is 23.2 Å². The van der Waals surface area contributed by atoms with Crippen molar-refractivity contribution < 1.29 is 19.1 Å². The van der Waals surface area contributed by atoms with Gasteiger partial charge in [-0.3, -0.25) is 14.9 Å². The van der Waals surface area contributed by atoms with Crippen LogP contribution in [0.1, 0.15) is 17.0 Å². The van der Waals surface area contributed by atoms with Gasteiger partial charge < -0.3 is 14.2 Å². The van der Waals surface area contributed by atoms with Crippen molar-refractivity contribution in [3.8, 4) is 5.69 Å². The number of urea groups is 1. The SMILES string of the molecule is Cc1cc(/C=C2\C(=O)NC(=O)N(c3cccc(Cl)c3Cl)C2=O)c(C)n1-c1ccc(N2CCOCC2)cc1. The maximum absolute atomic E-state index is 13.3. The number of hydrogen-bond donors (Lipinski definition) is 1. The van der Waals surface area contributed by atoms with E-state index in [2.05, 4.69) is 26.9 Å². The van der Waals surface area contributed by atoms with Gasteiger partial charge in [0.1, 0.15) is 5.57 Å². The quantitative estimate of drug-likeness (QED) is 0.377. The van der Waals surface area contributed by atoms with Crippen molar-refractivity contribution in [2.24, 2.45) is 0 Å². The highest BCUT2D eigenvalue weighted by atomic mass is 35.5. The van der Waals surface area contributed by atoms with Gasteiger partial charge in [0, 0.05) is 35.9 Å². The number of nitrogens with zero attached hydrogens (tertiary/aromatic N) is 3. The van der Waals surface area contributed by atoms with Crippen LogP contribution in [-0.2, 0) is 14.3 Å². The molecule has 2 fully saturated rings. The number of amides is 4. The van der Waals surface area contributed by atoms with Crippen LogP contribution in [0.5, 0.6) is 0 Å². The van der Waals surface area contributed by atoms with Crippen LogP contribution in [-0.4, -0.2) is 48.7 Å². The predicted molar refractivity (Wildman–Crippen MR) is 144 cm³/mol. The van der Waals surface area contributed by atoms with Crippen LogP contribution in [0.3, 0.4) is 0 Å². The Bertz CT molecular complexity index is 1440. The number of aryl methyl sites for hydroxylation is 1. The molecule has 0 atom stereocenters. The van der Waals surface area contributed by atoms with Crippen molar-refractivity contribution in [3.05, 3.63) is 81.1 Å². The van der Waals surface area contributed by atoms with E-state index in [4.69, 9.17) is 27.9 Å². The molecule has 3 heterocycles. The normalized spacial score (nSPS) is 17.5. The summed E-state index contributed by atoms with van der Waals surface area (Å²) in [4.78, 5) is 41.7. The number of benzene rings is 2. The molecular formula is C27H24Cl2N4O4. The lowest BCUT2D eigenvalue weighted by Crippen LogP contribution is -2.54. The lowest BCUT2D eigenvalue weighted by molar-refractivity contribution is -0.122. The van der Waals surface area contributed by atoms with E-state index >= 15 is 0 Å². The molecule has 4 amide bonds. The van der Waals surface area contributed by atoms with Crippen molar-refractivity contribution >= 4 is 58.5 Å². The lowest BCUT2D eigenvalue weighted by atomic mass is 10.1. The number of aromatic nitrogens is 1. The second-order valence-electron chi connectivity index (χ2n) is 8.81. The minimum Gasteiger partial charge on any atom is -0.378 e. The number of ether oxygens (including phenoxy) is 1. The smallest absolute Gasteiger partial charge is 0.336 e. The first-order valence-corrected chi connectivity index (χ1v) is 12.5. The summed E-state index contributed by atoms with van der Waals surface area (Å²) < 4.78 is 7.49. The number of carbonyl (C=O) groups is 3. The average Bonchev–Trinajstić information content (AvgIpc) is 3.17. The van der Waals surface area contributed by atoms with E-state index in [0.717, 1.165) is 40.8 Å². The molecule has 1 aromatic heterocycles. The van der Waals surface area contributed by atoms with E-state index in [1.165, 1.54) is 12.1 Å². The van der Waals surface area contributed by atoms with Crippen molar-refractivity contribution in [2.45, 2.75) is 13.8 Å². The first-order chi connectivity index (χ1) is 17.8. The van der Waals surface area contributed by atoms with Crippen molar-refractivity contribution in [1.82, 2.24) is 9.88 Å². The summed E-state index contributed by atoms with van der Waals surface area (Å²) >= 11 is 12.3. The van der Waals surface area contributed by atoms with Gasteiger partial charge in [-0.1, -0.05) is 29.3 Å². The summed E-state index contributed by atoms with van der Waals surface area (Å²) in [5.41, 5.74) is 4.45. The van der Waals surface area contributed by atoms with Crippen molar-refractivity contribution in [3.63, 3.8) is 0 Å². The Balaban J connectivity index is 1.48. The van der Waals surface area contributed by atoms with Gasteiger partial charge in [-0.25, -0.2) is 9.69 Å². The van der Waals surface area contributed by atoms with E-state index in [9.17, 15) is 14.4 Å². The first-order valence-electron chi connectivity index (χ1n) is 11.7.